The van der Waals surface area contributed by atoms with Crippen molar-refractivity contribution < 1.29 is 20.1 Å². The zero-order valence-electron chi connectivity index (χ0n) is 24.1. The smallest absolute Gasteiger partial charge is 0.303 e. The molecule has 0 spiro atoms. The maximum atomic E-state index is 10.4. The second kappa shape index (κ2) is 35.3. The fourth-order valence-corrected chi connectivity index (χ4v) is 3.19. The Balaban J connectivity index is -0.00000258. The molecule has 3 N–H and O–H groups in total. The fourth-order valence-electron chi connectivity index (χ4n) is 3.19. The first kappa shape index (κ1) is 38.6. The number of aliphatic hydroxyl groups excluding tert-OH is 2. The molecular weight excluding hydrogens is 448 g/mol. The lowest BCUT2D eigenvalue weighted by Crippen LogP contribution is -2.04. The molecule has 4 heteroatoms. The van der Waals surface area contributed by atoms with E-state index in [1.165, 1.54) is 19.3 Å². The number of carboxylic acids is 1. The average Bonchev–Trinajstić information content (AvgIpc) is 2.88. The summed E-state index contributed by atoms with van der Waals surface area (Å²) in [4.78, 5) is 10.4. The lowest BCUT2D eigenvalue weighted by Gasteiger charge is -2.04. The minimum absolute atomic E-state index is 0.303. The summed E-state index contributed by atoms with van der Waals surface area (Å²) in [6, 6.07) is 0. The second-order valence-corrected chi connectivity index (χ2v) is 8.20. The van der Waals surface area contributed by atoms with E-state index in [-0.39, 0.29) is 6.10 Å². The van der Waals surface area contributed by atoms with Gasteiger partial charge in [-0.3, -0.25) is 4.79 Å². The zero-order chi connectivity index (χ0) is 27.7. The van der Waals surface area contributed by atoms with Gasteiger partial charge in [-0.05, 0) is 51.4 Å². The Kier molecular flexibility index (Phi) is 37.8. The summed E-state index contributed by atoms with van der Waals surface area (Å²) in [6.45, 7) is 10.0. The maximum Gasteiger partial charge on any atom is 0.303 e. The largest absolute Gasteiger partial charge is 0.481 e. The first-order chi connectivity index (χ1) is 17.6. The molecule has 0 aliphatic heterocycles. The highest BCUT2D eigenvalue weighted by molar-refractivity contribution is 5.66. The van der Waals surface area contributed by atoms with Crippen LogP contribution in [0.1, 0.15) is 125 Å². The third kappa shape index (κ3) is 36.7. The van der Waals surface area contributed by atoms with Gasteiger partial charge in [-0.15, -0.1) is 0 Å². The molecule has 210 valence electrons. The number of carbonyl (C=O) groups is 1. The highest BCUT2D eigenvalue weighted by Gasteiger charge is 1.99. The first-order valence-corrected chi connectivity index (χ1v) is 14.4. The number of aliphatic carboxylic acids is 1. The van der Waals surface area contributed by atoms with Gasteiger partial charge in [0.05, 0.1) is 12.2 Å². The maximum absolute atomic E-state index is 10.4. The predicted octanol–water partition coefficient (Wildman–Crippen LogP) is 9.11. The molecule has 36 heavy (non-hydrogen) atoms. The fraction of sp³-hybridized carbons (Fsp3) is 0.656. The van der Waals surface area contributed by atoms with Crippen molar-refractivity contribution in [2.45, 2.75) is 137 Å². The summed E-state index contributed by atoms with van der Waals surface area (Å²) < 4.78 is 0. The monoisotopic (exact) mass is 506 g/mol. The van der Waals surface area contributed by atoms with Crippen LogP contribution in [0.4, 0.5) is 0 Å². The van der Waals surface area contributed by atoms with Crippen LogP contribution in [-0.4, -0.2) is 33.5 Å². The van der Waals surface area contributed by atoms with E-state index in [4.69, 9.17) is 5.11 Å². The molecule has 0 radical (unpaired) electrons. The van der Waals surface area contributed by atoms with E-state index in [1.807, 2.05) is 46.8 Å². The number of hydrogen-bond acceptors (Lipinski definition) is 3. The van der Waals surface area contributed by atoms with Gasteiger partial charge in [0.2, 0.25) is 0 Å². The number of allylic oxidation sites excluding steroid dienone is 7. The lowest BCUT2D eigenvalue weighted by molar-refractivity contribution is -0.137. The highest BCUT2D eigenvalue weighted by atomic mass is 16.4. The van der Waals surface area contributed by atoms with E-state index < -0.39 is 12.1 Å². The van der Waals surface area contributed by atoms with E-state index in [1.54, 1.807) is 12.2 Å². The van der Waals surface area contributed by atoms with Gasteiger partial charge in [-0.1, -0.05) is 127 Å². The Morgan fingerprint density at radius 3 is 1.69 bits per heavy atom. The number of rotatable bonds is 21. The summed E-state index contributed by atoms with van der Waals surface area (Å²) in [5, 5.41) is 28.0. The molecule has 0 fully saturated rings. The summed E-state index contributed by atoms with van der Waals surface area (Å²) in [6.07, 6.45) is 32.5. The van der Waals surface area contributed by atoms with Crippen molar-refractivity contribution in [3.8, 4) is 0 Å². The van der Waals surface area contributed by atoms with Gasteiger partial charge >= 0.3 is 5.97 Å². The van der Waals surface area contributed by atoms with Crippen LogP contribution in [0.5, 0.6) is 0 Å². The number of aliphatic hydroxyl groups is 2. The molecule has 0 aromatic rings. The molecule has 2 atom stereocenters. The predicted molar refractivity (Wildman–Crippen MR) is 158 cm³/mol. The van der Waals surface area contributed by atoms with E-state index in [9.17, 15) is 15.0 Å². The molecule has 4 nitrogen and oxygen atoms in total. The Hall–Kier alpha value is -1.91. The van der Waals surface area contributed by atoms with Crippen molar-refractivity contribution in [1.29, 1.82) is 0 Å². The summed E-state index contributed by atoms with van der Waals surface area (Å²) >= 11 is 0. The molecule has 0 aliphatic rings. The van der Waals surface area contributed by atoms with Crippen molar-refractivity contribution in [1.82, 2.24) is 0 Å². The van der Waals surface area contributed by atoms with E-state index in [2.05, 4.69) is 36.5 Å². The van der Waals surface area contributed by atoms with Gasteiger partial charge in [-0.25, -0.2) is 0 Å². The molecule has 0 aromatic heterocycles. The quantitative estimate of drug-likeness (QED) is 0.107. The molecular formula is C32H58O4. The Bertz CT molecular complexity index is 573. The Morgan fingerprint density at radius 1 is 0.667 bits per heavy atom. The van der Waals surface area contributed by atoms with E-state index in [0.29, 0.717) is 12.8 Å². The van der Waals surface area contributed by atoms with Crippen LogP contribution in [0.25, 0.3) is 0 Å². The lowest BCUT2D eigenvalue weighted by atomic mass is 10.1. The molecule has 0 aliphatic carbocycles. The molecule has 0 saturated heterocycles. The second-order valence-electron chi connectivity index (χ2n) is 8.20. The van der Waals surface area contributed by atoms with Crippen molar-refractivity contribution in [3.05, 3.63) is 60.8 Å². The normalized spacial score (nSPS) is 13.3. The van der Waals surface area contributed by atoms with Gasteiger partial charge in [0.1, 0.15) is 0 Å². The first-order valence-electron chi connectivity index (χ1n) is 14.4. The topological polar surface area (TPSA) is 77.8 Å². The van der Waals surface area contributed by atoms with Crippen molar-refractivity contribution >= 4 is 5.97 Å². The third-order valence-electron chi connectivity index (χ3n) is 5.02. The molecule has 0 rings (SSSR count). The number of hydrogen-bond donors (Lipinski definition) is 3. The standard InChI is InChI=1S/C28H46O4.2C2H6/c1-2-21-26(29)23-20-24-27(30)22-18-16-14-12-10-8-6-4-3-5-7-9-11-13-15-17-19-25-28(31)32;2*1-2/h3,5-6,8,12,14,18,20,22,24,26-27,29-30H,2,4,7,9-11,13,15-17,19,21,23,25H2,1H3,(H,31,32);2*1-2H3/b5-3-,8-6-,14-12-,22-18-,24-20-;;. The van der Waals surface area contributed by atoms with Gasteiger partial charge in [0.15, 0.2) is 0 Å². The van der Waals surface area contributed by atoms with Crippen molar-refractivity contribution in [2.24, 2.45) is 0 Å². The molecule has 0 aromatic carbocycles. The Morgan fingerprint density at radius 2 is 1.14 bits per heavy atom. The van der Waals surface area contributed by atoms with Crippen molar-refractivity contribution in [2.75, 3.05) is 0 Å². The minimum Gasteiger partial charge on any atom is -0.481 e. The molecule has 0 heterocycles. The van der Waals surface area contributed by atoms with E-state index >= 15 is 0 Å². The zero-order valence-corrected chi connectivity index (χ0v) is 24.1. The van der Waals surface area contributed by atoms with Crippen LogP contribution in [0.3, 0.4) is 0 Å². The molecule has 0 bridgehead atoms. The van der Waals surface area contributed by atoms with Gasteiger partial charge in [0, 0.05) is 6.42 Å². The van der Waals surface area contributed by atoms with Gasteiger partial charge in [0.25, 0.3) is 0 Å². The summed E-state index contributed by atoms with van der Waals surface area (Å²) in [5.74, 6) is -0.687. The number of unbranched alkanes of at least 4 members (excludes halogenated alkanes) is 6. The molecule has 0 amide bonds. The number of carboxylic acid groups (broad SMARTS) is 1. The third-order valence-corrected chi connectivity index (χ3v) is 5.02. The summed E-state index contributed by atoms with van der Waals surface area (Å²) in [5.41, 5.74) is 0. The van der Waals surface area contributed by atoms with Gasteiger partial charge in [-0.2, -0.15) is 0 Å². The molecule has 2 unspecified atom stereocenters. The van der Waals surface area contributed by atoms with Crippen LogP contribution in [0, 0.1) is 0 Å². The van der Waals surface area contributed by atoms with Crippen LogP contribution >= 0.6 is 0 Å². The molecule has 0 saturated carbocycles. The van der Waals surface area contributed by atoms with Crippen LogP contribution < -0.4 is 0 Å². The summed E-state index contributed by atoms with van der Waals surface area (Å²) in [7, 11) is 0. The van der Waals surface area contributed by atoms with Crippen LogP contribution in [-0.2, 0) is 4.79 Å². The van der Waals surface area contributed by atoms with Crippen molar-refractivity contribution in [3.63, 3.8) is 0 Å². The Labute approximate surface area is 223 Å². The van der Waals surface area contributed by atoms with E-state index in [0.717, 1.165) is 57.8 Å². The van der Waals surface area contributed by atoms with Gasteiger partial charge < -0.3 is 15.3 Å². The highest BCUT2D eigenvalue weighted by Crippen LogP contribution is 2.09. The van der Waals surface area contributed by atoms with Crippen LogP contribution in [0.2, 0.25) is 0 Å². The minimum atomic E-state index is -0.687. The average molecular weight is 507 g/mol. The SMILES string of the molecule is CC.CC.CCCC(O)C/C=C\C(O)/C=C\C/C=C\C/C=C\C/C=C\CCCCCCCCC(=O)O. The van der Waals surface area contributed by atoms with Crippen LogP contribution in [0.15, 0.2) is 60.8 Å².